The van der Waals surface area contributed by atoms with Crippen LogP contribution in [0.4, 0.5) is 11.4 Å². The molecule has 3 rings (SSSR count). The summed E-state index contributed by atoms with van der Waals surface area (Å²) in [4.78, 5) is -0.346. The van der Waals surface area contributed by atoms with E-state index in [2.05, 4.69) is 10.2 Å². The van der Waals surface area contributed by atoms with E-state index in [1.807, 2.05) is 0 Å². The predicted octanol–water partition coefficient (Wildman–Crippen LogP) is 4.52. The number of hydrogen-bond donors (Lipinski definition) is 1. The highest BCUT2D eigenvalue weighted by Crippen LogP contribution is 2.37. The molecule has 8 heteroatoms. The third-order valence-electron chi connectivity index (χ3n) is 3.32. The molecule has 0 heterocycles. The number of hydrogen-bond acceptors (Lipinski definition) is 6. The summed E-state index contributed by atoms with van der Waals surface area (Å²) in [7, 11) is -4.56. The van der Waals surface area contributed by atoms with Gasteiger partial charge in [0.05, 0.1) is 10.6 Å². The molecule has 0 spiro atoms. The normalized spacial score (nSPS) is 12.1. The number of phenolic OH excluding ortho intramolecular Hbond substituents is 1. The van der Waals surface area contributed by atoms with Crippen LogP contribution in [0.15, 0.2) is 69.7 Å². The zero-order chi connectivity index (χ0) is 17.3. The van der Waals surface area contributed by atoms with Crippen LogP contribution in [-0.2, 0) is 10.1 Å². The van der Waals surface area contributed by atoms with Crippen molar-refractivity contribution < 1.29 is 18.1 Å². The quantitative estimate of drug-likeness (QED) is 0.547. The molecule has 24 heavy (non-hydrogen) atoms. The van der Waals surface area contributed by atoms with E-state index in [1.54, 1.807) is 24.3 Å². The molecule has 0 atom stereocenters. The number of azo groups is 1. The monoisotopic (exact) mass is 361 g/mol. The molecule has 6 nitrogen and oxygen atoms in total. The van der Waals surface area contributed by atoms with Crippen LogP contribution in [0.25, 0.3) is 10.8 Å². The molecule has 0 radical (unpaired) electrons. The molecule has 0 unspecified atom stereocenters. The first-order valence-corrected chi connectivity index (χ1v) is 8.52. The van der Waals surface area contributed by atoms with Gasteiger partial charge in [0.1, 0.15) is 21.6 Å². The van der Waals surface area contributed by atoms with Crippen LogP contribution < -0.4 is 0 Å². The van der Waals surface area contributed by atoms with Crippen LogP contribution in [0, 0.1) is 0 Å². The lowest BCUT2D eigenvalue weighted by molar-refractivity contribution is 0.463. The zero-order valence-electron chi connectivity index (χ0n) is 12.0. The molecule has 3 aromatic carbocycles. The van der Waals surface area contributed by atoms with Crippen LogP contribution in [0.2, 0.25) is 5.02 Å². The third-order valence-corrected chi connectivity index (χ3v) is 4.41. The second-order valence-electron chi connectivity index (χ2n) is 4.95. The van der Waals surface area contributed by atoms with Crippen molar-refractivity contribution in [3.8, 4) is 5.75 Å². The van der Waals surface area contributed by atoms with Crippen LogP contribution >= 0.6 is 11.6 Å². The minimum absolute atomic E-state index is 0.113. The Balaban J connectivity index is 2.10. The number of fused-ring (bicyclic) bond motifs is 1. The highest BCUT2D eigenvalue weighted by molar-refractivity contribution is 7.85. The molecule has 0 aliphatic carbocycles. The molecule has 0 amide bonds. The van der Waals surface area contributed by atoms with Crippen molar-refractivity contribution in [3.05, 3.63) is 59.6 Å². The van der Waals surface area contributed by atoms with E-state index < -0.39 is 10.1 Å². The second kappa shape index (κ2) is 6.20. The maximum atomic E-state index is 11.1. The van der Waals surface area contributed by atoms with Gasteiger partial charge in [0.25, 0.3) is 0 Å². The minimum atomic E-state index is -4.56. The molecule has 0 saturated heterocycles. The van der Waals surface area contributed by atoms with Crippen LogP contribution in [-0.4, -0.2) is 18.1 Å². The molecule has 0 fully saturated rings. The van der Waals surface area contributed by atoms with Crippen molar-refractivity contribution in [2.45, 2.75) is 4.90 Å². The first-order valence-electron chi connectivity index (χ1n) is 6.73. The van der Waals surface area contributed by atoms with Crippen LogP contribution in [0.5, 0.6) is 5.75 Å². The van der Waals surface area contributed by atoms with Gasteiger partial charge < -0.3 is 9.66 Å². The van der Waals surface area contributed by atoms with Gasteiger partial charge >= 0.3 is 0 Å². The average molecular weight is 362 g/mol. The summed E-state index contributed by atoms with van der Waals surface area (Å²) in [5.74, 6) is -0.113. The summed E-state index contributed by atoms with van der Waals surface area (Å²) < 4.78 is 33.3. The number of rotatable bonds is 3. The summed E-state index contributed by atoms with van der Waals surface area (Å²) in [6.07, 6.45) is 0. The summed E-state index contributed by atoms with van der Waals surface area (Å²) in [6.45, 7) is 0. The van der Waals surface area contributed by atoms with Crippen molar-refractivity contribution in [2.75, 3.05) is 0 Å². The molecule has 1 N–H and O–H groups in total. The fourth-order valence-corrected chi connectivity index (χ4v) is 2.79. The van der Waals surface area contributed by atoms with Crippen molar-refractivity contribution in [1.82, 2.24) is 0 Å². The Kier molecular flexibility index (Phi) is 4.23. The molecular weight excluding hydrogens is 352 g/mol. The Morgan fingerprint density at radius 3 is 2.33 bits per heavy atom. The molecule has 0 aromatic heterocycles. The first-order chi connectivity index (χ1) is 11.3. The van der Waals surface area contributed by atoms with Crippen molar-refractivity contribution in [3.63, 3.8) is 0 Å². The summed E-state index contributed by atoms with van der Waals surface area (Å²) in [5, 5.41) is 19.6. The maximum Gasteiger partial charge on any atom is 0.143 e. The lowest BCUT2D eigenvalue weighted by atomic mass is 10.1. The fraction of sp³-hybridized carbons (Fsp3) is 0. The Morgan fingerprint density at radius 2 is 1.67 bits per heavy atom. The number of phenols is 1. The third kappa shape index (κ3) is 3.38. The zero-order valence-corrected chi connectivity index (χ0v) is 13.6. The Bertz CT molecular complexity index is 1050. The smallest absolute Gasteiger partial charge is 0.143 e. The van der Waals surface area contributed by atoms with Gasteiger partial charge in [-0.25, -0.2) is 8.42 Å². The number of aromatic hydroxyl groups is 1. The Morgan fingerprint density at radius 1 is 0.958 bits per heavy atom. The van der Waals surface area contributed by atoms with Crippen molar-refractivity contribution >= 4 is 43.9 Å². The minimum Gasteiger partial charge on any atom is -0.744 e. The molecular formula is C16H10ClN2O4S-. The van der Waals surface area contributed by atoms with Gasteiger partial charge in [-0.1, -0.05) is 23.7 Å². The van der Waals surface area contributed by atoms with Crippen LogP contribution in [0.1, 0.15) is 0 Å². The Labute approximate surface area is 142 Å². The van der Waals surface area contributed by atoms with E-state index in [0.29, 0.717) is 21.5 Å². The topological polar surface area (TPSA) is 102 Å². The molecule has 122 valence electrons. The van der Waals surface area contributed by atoms with E-state index in [9.17, 15) is 18.1 Å². The summed E-state index contributed by atoms with van der Waals surface area (Å²) >= 11 is 5.80. The maximum absolute atomic E-state index is 11.1. The standard InChI is InChI=1S/C16H11ClN2O4S/c17-11-2-4-12(5-3-11)18-19-16-14-7-6-13(24(21,22)23)9-10(14)1-8-15(16)20/h1-9,20H,(H,21,22,23)/p-1. The van der Waals surface area contributed by atoms with E-state index in [-0.39, 0.29) is 16.3 Å². The fourth-order valence-electron chi connectivity index (χ4n) is 2.16. The van der Waals surface area contributed by atoms with E-state index in [4.69, 9.17) is 11.6 Å². The number of halogens is 1. The van der Waals surface area contributed by atoms with E-state index >= 15 is 0 Å². The summed E-state index contributed by atoms with van der Waals surface area (Å²) in [5.41, 5.74) is 0.715. The largest absolute Gasteiger partial charge is 0.744 e. The SMILES string of the molecule is O=S(=O)([O-])c1ccc2c(N=Nc3ccc(Cl)cc3)c(O)ccc2c1. The van der Waals surface area contributed by atoms with Gasteiger partial charge in [-0.3, -0.25) is 0 Å². The van der Waals surface area contributed by atoms with Gasteiger partial charge in [0.2, 0.25) is 0 Å². The first kappa shape index (κ1) is 16.4. The highest BCUT2D eigenvalue weighted by Gasteiger charge is 2.09. The van der Waals surface area contributed by atoms with Crippen molar-refractivity contribution in [2.24, 2.45) is 10.2 Å². The molecule has 0 saturated carbocycles. The molecule has 0 aliphatic heterocycles. The van der Waals surface area contributed by atoms with Crippen LogP contribution in [0.3, 0.4) is 0 Å². The van der Waals surface area contributed by atoms with Gasteiger partial charge in [-0.05, 0) is 47.9 Å². The predicted molar refractivity (Wildman–Crippen MR) is 89.2 cm³/mol. The Hall–Kier alpha value is -2.48. The van der Waals surface area contributed by atoms with E-state index in [0.717, 1.165) is 0 Å². The average Bonchev–Trinajstić information content (AvgIpc) is 2.54. The van der Waals surface area contributed by atoms with Gasteiger partial charge in [0, 0.05) is 10.4 Å². The van der Waals surface area contributed by atoms with Crippen molar-refractivity contribution in [1.29, 1.82) is 0 Å². The molecule has 0 bridgehead atoms. The number of nitrogens with zero attached hydrogens (tertiary/aromatic N) is 2. The lowest BCUT2D eigenvalue weighted by Crippen LogP contribution is -1.97. The number of benzene rings is 3. The molecule has 0 aliphatic rings. The van der Waals surface area contributed by atoms with Gasteiger partial charge in [-0.2, -0.15) is 5.11 Å². The lowest BCUT2D eigenvalue weighted by Gasteiger charge is -2.09. The van der Waals surface area contributed by atoms with Gasteiger partial charge in [-0.15, -0.1) is 5.11 Å². The molecule has 3 aromatic rings. The van der Waals surface area contributed by atoms with E-state index in [1.165, 1.54) is 30.3 Å². The van der Waals surface area contributed by atoms with Gasteiger partial charge in [0.15, 0.2) is 0 Å². The highest BCUT2D eigenvalue weighted by atomic mass is 35.5. The summed E-state index contributed by atoms with van der Waals surface area (Å²) in [6, 6.07) is 13.3. The second-order valence-corrected chi connectivity index (χ2v) is 6.76.